The molecule has 0 bridgehead atoms. The zero-order valence-electron chi connectivity index (χ0n) is 16.1. The van der Waals surface area contributed by atoms with Gasteiger partial charge in [0.05, 0.1) is 5.56 Å². The molecule has 0 amide bonds. The summed E-state index contributed by atoms with van der Waals surface area (Å²) in [6.07, 6.45) is 5.20. The molecule has 0 radical (unpaired) electrons. The molecule has 1 unspecified atom stereocenters. The number of aromatic nitrogens is 1. The number of hydrogen-bond donors (Lipinski definition) is 1. The van der Waals surface area contributed by atoms with Gasteiger partial charge in [-0.05, 0) is 55.5 Å². The Balaban J connectivity index is 1.42. The van der Waals surface area contributed by atoms with Crippen LogP contribution in [0.5, 0.6) is 5.75 Å². The summed E-state index contributed by atoms with van der Waals surface area (Å²) in [6, 6.07) is 16.7. The second kappa shape index (κ2) is 8.43. The molecule has 2 atom stereocenters. The van der Waals surface area contributed by atoms with Gasteiger partial charge in [0.15, 0.2) is 11.9 Å². The molecule has 2 aromatic carbocycles. The van der Waals surface area contributed by atoms with Crippen LogP contribution in [0.4, 0.5) is 0 Å². The van der Waals surface area contributed by atoms with Gasteiger partial charge >= 0.3 is 5.97 Å². The summed E-state index contributed by atoms with van der Waals surface area (Å²) in [6.45, 7) is 0. The van der Waals surface area contributed by atoms with E-state index < -0.39 is 12.1 Å². The zero-order valence-corrected chi connectivity index (χ0v) is 16.1. The van der Waals surface area contributed by atoms with Crippen molar-refractivity contribution in [3.8, 4) is 5.75 Å². The van der Waals surface area contributed by atoms with Crippen LogP contribution in [0, 0.1) is 5.92 Å². The maximum absolute atomic E-state index is 12.5. The van der Waals surface area contributed by atoms with E-state index in [1.165, 1.54) is 0 Å². The molecule has 5 heteroatoms. The third-order valence-electron chi connectivity index (χ3n) is 5.57. The number of pyridine rings is 1. The zero-order chi connectivity index (χ0) is 20.2. The maximum Gasteiger partial charge on any atom is 0.335 e. The lowest BCUT2D eigenvalue weighted by atomic mass is 9.96. The molecule has 1 heterocycles. The van der Waals surface area contributed by atoms with Crippen molar-refractivity contribution in [2.75, 3.05) is 0 Å². The van der Waals surface area contributed by atoms with Crippen LogP contribution in [0.1, 0.15) is 41.6 Å². The van der Waals surface area contributed by atoms with Gasteiger partial charge in [-0.15, -0.1) is 0 Å². The molecule has 0 aliphatic heterocycles. The van der Waals surface area contributed by atoms with Crippen LogP contribution in [-0.2, 0) is 11.2 Å². The highest BCUT2D eigenvalue weighted by Gasteiger charge is 2.36. The Morgan fingerprint density at radius 1 is 1.14 bits per heavy atom. The van der Waals surface area contributed by atoms with Crippen molar-refractivity contribution in [2.45, 2.75) is 38.2 Å². The van der Waals surface area contributed by atoms with Crippen LogP contribution >= 0.6 is 0 Å². The Kier molecular flexibility index (Phi) is 5.56. The molecule has 29 heavy (non-hydrogen) atoms. The van der Waals surface area contributed by atoms with Crippen molar-refractivity contribution in [1.29, 1.82) is 0 Å². The third-order valence-corrected chi connectivity index (χ3v) is 5.57. The Labute approximate surface area is 169 Å². The van der Waals surface area contributed by atoms with Crippen molar-refractivity contribution < 1.29 is 19.4 Å². The molecule has 1 fully saturated rings. The van der Waals surface area contributed by atoms with E-state index in [0.29, 0.717) is 17.7 Å². The second-order valence-corrected chi connectivity index (χ2v) is 7.53. The first-order chi connectivity index (χ1) is 14.1. The van der Waals surface area contributed by atoms with E-state index in [2.05, 4.69) is 4.98 Å². The molecule has 4 rings (SSSR count). The van der Waals surface area contributed by atoms with Crippen molar-refractivity contribution >= 4 is 22.7 Å². The number of aromatic carboxylic acids is 1. The van der Waals surface area contributed by atoms with E-state index in [4.69, 9.17) is 9.84 Å². The standard InChI is InChI=1S/C24H23NO4/c26-20-13-12-18(8-1-5-16-6-2-9-19(15-16)24(27)28)23(20)29-21-11-3-7-17-10-4-14-25-22(17)21/h2-4,6-7,9-11,14-15,18,23H,1,5,8,12-13H2,(H,27,28)/t18-,23?/m0/s1. The lowest BCUT2D eigenvalue weighted by Crippen LogP contribution is -2.28. The molecule has 1 N–H and O–H groups in total. The molecular weight excluding hydrogens is 366 g/mol. The van der Waals surface area contributed by atoms with E-state index in [9.17, 15) is 9.59 Å². The van der Waals surface area contributed by atoms with Crippen molar-refractivity contribution in [1.82, 2.24) is 4.98 Å². The summed E-state index contributed by atoms with van der Waals surface area (Å²) in [5.74, 6) is 0.0628. The number of Topliss-reactive ketones (excluding diaryl/α,β-unsaturated/α-hetero) is 1. The van der Waals surface area contributed by atoms with Gasteiger partial charge in [-0.3, -0.25) is 9.78 Å². The summed E-state index contributed by atoms with van der Waals surface area (Å²) >= 11 is 0. The number of aryl methyl sites for hydroxylation is 1. The maximum atomic E-state index is 12.5. The number of carbonyl (C=O) groups is 2. The van der Waals surface area contributed by atoms with Gasteiger partial charge in [0.25, 0.3) is 0 Å². The molecule has 1 aromatic heterocycles. The summed E-state index contributed by atoms with van der Waals surface area (Å²) in [5, 5.41) is 10.1. The minimum Gasteiger partial charge on any atom is -0.480 e. The SMILES string of the molecule is O=C(O)c1cccc(CCC[C@H]2CCC(=O)C2Oc2cccc3cccnc23)c1. The topological polar surface area (TPSA) is 76.5 Å². The number of carboxylic acid groups (broad SMARTS) is 1. The number of nitrogens with zero attached hydrogens (tertiary/aromatic N) is 1. The molecule has 1 aliphatic rings. The van der Waals surface area contributed by atoms with E-state index in [1.54, 1.807) is 24.4 Å². The Morgan fingerprint density at radius 2 is 1.97 bits per heavy atom. The van der Waals surface area contributed by atoms with Gasteiger partial charge in [-0.2, -0.15) is 0 Å². The Morgan fingerprint density at radius 3 is 2.83 bits per heavy atom. The fourth-order valence-corrected chi connectivity index (χ4v) is 4.08. The number of ether oxygens (including phenoxy) is 1. The summed E-state index contributed by atoms with van der Waals surface area (Å²) in [5.41, 5.74) is 2.09. The monoisotopic (exact) mass is 389 g/mol. The number of benzene rings is 2. The number of para-hydroxylation sites is 1. The highest BCUT2D eigenvalue weighted by atomic mass is 16.5. The average Bonchev–Trinajstić information content (AvgIpc) is 3.08. The van der Waals surface area contributed by atoms with Crippen LogP contribution < -0.4 is 4.74 Å². The van der Waals surface area contributed by atoms with Gasteiger partial charge in [0.2, 0.25) is 0 Å². The lowest BCUT2D eigenvalue weighted by molar-refractivity contribution is -0.124. The van der Waals surface area contributed by atoms with E-state index in [-0.39, 0.29) is 11.7 Å². The van der Waals surface area contributed by atoms with Gasteiger partial charge in [0.1, 0.15) is 11.3 Å². The predicted octanol–water partition coefficient (Wildman–Crippen LogP) is 4.68. The number of rotatable bonds is 7. The first kappa shape index (κ1) is 19.1. The molecule has 1 saturated carbocycles. The van der Waals surface area contributed by atoms with Crippen LogP contribution in [0.15, 0.2) is 60.8 Å². The normalized spacial score (nSPS) is 18.8. The minimum atomic E-state index is -0.912. The first-order valence-corrected chi connectivity index (χ1v) is 9.97. The molecule has 0 spiro atoms. The fourth-order valence-electron chi connectivity index (χ4n) is 4.08. The number of carboxylic acids is 1. The minimum absolute atomic E-state index is 0.149. The molecule has 0 saturated heterocycles. The van der Waals surface area contributed by atoms with Crippen LogP contribution in [0.25, 0.3) is 10.9 Å². The fraction of sp³-hybridized carbons (Fsp3) is 0.292. The van der Waals surface area contributed by atoms with Crippen LogP contribution in [0.3, 0.4) is 0 Å². The van der Waals surface area contributed by atoms with Gasteiger partial charge in [0, 0.05) is 23.9 Å². The predicted molar refractivity (Wildman–Crippen MR) is 110 cm³/mol. The van der Waals surface area contributed by atoms with Gasteiger partial charge in [-0.25, -0.2) is 4.79 Å². The smallest absolute Gasteiger partial charge is 0.335 e. The quantitative estimate of drug-likeness (QED) is 0.635. The largest absolute Gasteiger partial charge is 0.480 e. The van der Waals surface area contributed by atoms with Gasteiger partial charge in [-0.1, -0.05) is 30.3 Å². The van der Waals surface area contributed by atoms with Gasteiger partial charge < -0.3 is 9.84 Å². The van der Waals surface area contributed by atoms with Crippen molar-refractivity contribution in [2.24, 2.45) is 5.92 Å². The summed E-state index contributed by atoms with van der Waals surface area (Å²) < 4.78 is 6.18. The number of carbonyl (C=O) groups excluding carboxylic acids is 1. The van der Waals surface area contributed by atoms with E-state index in [1.807, 2.05) is 36.4 Å². The highest BCUT2D eigenvalue weighted by Crippen LogP contribution is 2.33. The highest BCUT2D eigenvalue weighted by molar-refractivity contribution is 5.88. The Bertz CT molecular complexity index is 1040. The number of fused-ring (bicyclic) bond motifs is 1. The Hall–Kier alpha value is -3.21. The van der Waals surface area contributed by atoms with E-state index >= 15 is 0 Å². The molecule has 3 aromatic rings. The number of ketones is 1. The van der Waals surface area contributed by atoms with E-state index in [0.717, 1.165) is 42.1 Å². The van der Waals surface area contributed by atoms with Crippen molar-refractivity contribution in [3.05, 3.63) is 71.9 Å². The van der Waals surface area contributed by atoms with Crippen LogP contribution in [0.2, 0.25) is 0 Å². The van der Waals surface area contributed by atoms with Crippen molar-refractivity contribution in [3.63, 3.8) is 0 Å². The molecule has 148 valence electrons. The second-order valence-electron chi connectivity index (χ2n) is 7.53. The average molecular weight is 389 g/mol. The number of hydrogen-bond acceptors (Lipinski definition) is 4. The summed E-state index contributed by atoms with van der Waals surface area (Å²) in [4.78, 5) is 28.0. The van der Waals surface area contributed by atoms with Crippen LogP contribution in [-0.4, -0.2) is 27.9 Å². The third kappa shape index (κ3) is 4.29. The molecule has 1 aliphatic carbocycles. The lowest BCUT2D eigenvalue weighted by Gasteiger charge is -2.20. The first-order valence-electron chi connectivity index (χ1n) is 9.97. The molecule has 5 nitrogen and oxygen atoms in total. The molecular formula is C24H23NO4. The summed E-state index contributed by atoms with van der Waals surface area (Å²) in [7, 11) is 0.